The zero-order chi connectivity index (χ0) is 17.6. The summed E-state index contributed by atoms with van der Waals surface area (Å²) in [6, 6.07) is 14.9. The van der Waals surface area contributed by atoms with E-state index in [9.17, 15) is 9.59 Å². The summed E-state index contributed by atoms with van der Waals surface area (Å²) in [7, 11) is 0. The number of ether oxygens (including phenoxy) is 1. The third kappa shape index (κ3) is 4.16. The van der Waals surface area contributed by atoms with Crippen molar-refractivity contribution < 1.29 is 19.5 Å². The lowest BCUT2D eigenvalue weighted by atomic mass is 10.1. The molecule has 0 aromatic heterocycles. The number of rotatable bonds is 4. The molecule has 0 unspecified atom stereocenters. The van der Waals surface area contributed by atoms with E-state index >= 15 is 0 Å². The molecular formula is C19H20N2O4. The van der Waals surface area contributed by atoms with Crippen molar-refractivity contribution >= 4 is 11.8 Å². The van der Waals surface area contributed by atoms with E-state index in [0.717, 1.165) is 11.1 Å². The number of carbonyl (C=O) groups is 2. The Bertz CT molecular complexity index is 761. The summed E-state index contributed by atoms with van der Waals surface area (Å²) in [4.78, 5) is 25.8. The molecule has 2 amide bonds. The van der Waals surface area contributed by atoms with Gasteiger partial charge in [-0.15, -0.1) is 0 Å². The first-order valence-electron chi connectivity index (χ1n) is 8.19. The fourth-order valence-corrected chi connectivity index (χ4v) is 2.84. The van der Waals surface area contributed by atoms with Gasteiger partial charge in [-0.2, -0.15) is 0 Å². The molecule has 1 aliphatic heterocycles. The first-order valence-corrected chi connectivity index (χ1v) is 8.19. The van der Waals surface area contributed by atoms with Crippen molar-refractivity contribution in [2.24, 2.45) is 0 Å². The molecule has 0 atom stereocenters. The van der Waals surface area contributed by atoms with Gasteiger partial charge in [0.05, 0.1) is 6.54 Å². The van der Waals surface area contributed by atoms with Crippen molar-refractivity contribution in [2.45, 2.75) is 19.4 Å². The highest BCUT2D eigenvalue weighted by Gasteiger charge is 2.20. The van der Waals surface area contributed by atoms with Gasteiger partial charge in [0, 0.05) is 24.1 Å². The molecule has 130 valence electrons. The first-order chi connectivity index (χ1) is 12.2. The van der Waals surface area contributed by atoms with Crippen molar-refractivity contribution in [3.63, 3.8) is 0 Å². The second-order valence-corrected chi connectivity index (χ2v) is 5.91. The maximum absolute atomic E-state index is 12.5. The van der Waals surface area contributed by atoms with Gasteiger partial charge in [0.15, 0.2) is 0 Å². The molecule has 0 aliphatic carbocycles. The lowest BCUT2D eigenvalue weighted by Gasteiger charge is -2.20. The van der Waals surface area contributed by atoms with Crippen molar-refractivity contribution in [1.82, 2.24) is 10.4 Å². The molecule has 25 heavy (non-hydrogen) atoms. The first kappa shape index (κ1) is 17.0. The molecular weight excluding hydrogens is 320 g/mol. The Balaban J connectivity index is 1.66. The van der Waals surface area contributed by atoms with Crippen molar-refractivity contribution in [3.05, 3.63) is 65.2 Å². The van der Waals surface area contributed by atoms with Gasteiger partial charge in [-0.1, -0.05) is 36.4 Å². The molecule has 6 nitrogen and oxygen atoms in total. The SMILES string of the molecule is O=C(NO)c1ccc2c(c1)OCCN(C(=O)CCc1ccccc1)C2. The molecule has 0 bridgehead atoms. The van der Waals surface area contributed by atoms with E-state index in [0.29, 0.717) is 43.9 Å². The second kappa shape index (κ2) is 7.81. The maximum atomic E-state index is 12.5. The number of hydrogen-bond acceptors (Lipinski definition) is 4. The van der Waals surface area contributed by atoms with Crippen LogP contribution in [0.25, 0.3) is 0 Å². The van der Waals surface area contributed by atoms with Crippen molar-refractivity contribution in [1.29, 1.82) is 0 Å². The summed E-state index contributed by atoms with van der Waals surface area (Å²) in [6.07, 6.45) is 1.16. The normalized spacial score (nSPS) is 13.4. The number of fused-ring (bicyclic) bond motifs is 1. The number of hydroxylamine groups is 1. The highest BCUT2D eigenvalue weighted by Crippen LogP contribution is 2.25. The number of benzene rings is 2. The van der Waals surface area contributed by atoms with Crippen LogP contribution in [0, 0.1) is 0 Å². The van der Waals surface area contributed by atoms with Crippen LogP contribution in [0.15, 0.2) is 48.5 Å². The minimum Gasteiger partial charge on any atom is -0.491 e. The Labute approximate surface area is 146 Å². The number of carbonyl (C=O) groups excluding carboxylic acids is 2. The summed E-state index contributed by atoms with van der Waals surface area (Å²) >= 11 is 0. The molecule has 1 aliphatic rings. The third-order valence-corrected chi connectivity index (χ3v) is 4.23. The van der Waals surface area contributed by atoms with Crippen LogP contribution in [0.4, 0.5) is 0 Å². The van der Waals surface area contributed by atoms with E-state index in [1.807, 2.05) is 30.3 Å². The van der Waals surface area contributed by atoms with E-state index in [2.05, 4.69) is 0 Å². The third-order valence-electron chi connectivity index (χ3n) is 4.23. The number of hydrogen-bond donors (Lipinski definition) is 2. The van der Waals surface area contributed by atoms with Gasteiger partial charge in [0.2, 0.25) is 5.91 Å². The molecule has 3 rings (SSSR count). The molecule has 6 heteroatoms. The number of aryl methyl sites for hydroxylation is 1. The summed E-state index contributed by atoms with van der Waals surface area (Å²) in [6.45, 7) is 1.32. The molecule has 0 saturated carbocycles. The standard InChI is InChI=1S/C19H20N2O4/c22-18(9-6-14-4-2-1-3-5-14)21-10-11-25-17-12-15(19(23)20-24)7-8-16(17)13-21/h1-5,7-8,12,24H,6,9-11,13H2,(H,20,23). The molecule has 2 aromatic rings. The Morgan fingerprint density at radius 1 is 1.16 bits per heavy atom. The lowest BCUT2D eigenvalue weighted by molar-refractivity contribution is -0.131. The van der Waals surface area contributed by atoms with Crippen LogP contribution in [0.2, 0.25) is 0 Å². The monoisotopic (exact) mass is 340 g/mol. The van der Waals surface area contributed by atoms with Gasteiger partial charge >= 0.3 is 0 Å². The predicted octanol–water partition coefficient (Wildman–Crippen LogP) is 2.16. The van der Waals surface area contributed by atoms with Crippen molar-refractivity contribution in [2.75, 3.05) is 13.2 Å². The summed E-state index contributed by atoms with van der Waals surface area (Å²) < 4.78 is 5.67. The average molecular weight is 340 g/mol. The fourth-order valence-electron chi connectivity index (χ4n) is 2.84. The predicted molar refractivity (Wildman–Crippen MR) is 91.4 cm³/mol. The lowest BCUT2D eigenvalue weighted by Crippen LogP contribution is -2.32. The summed E-state index contributed by atoms with van der Waals surface area (Å²) in [5, 5.41) is 8.72. The molecule has 2 N–H and O–H groups in total. The smallest absolute Gasteiger partial charge is 0.274 e. The summed E-state index contributed by atoms with van der Waals surface area (Å²) in [5.74, 6) is 0.0587. The quantitative estimate of drug-likeness (QED) is 0.660. The Morgan fingerprint density at radius 3 is 2.72 bits per heavy atom. The minimum absolute atomic E-state index is 0.0810. The topological polar surface area (TPSA) is 78.9 Å². The zero-order valence-electron chi connectivity index (χ0n) is 13.8. The van der Waals surface area contributed by atoms with Crippen LogP contribution in [0.3, 0.4) is 0 Å². The van der Waals surface area contributed by atoms with Crippen molar-refractivity contribution in [3.8, 4) is 5.75 Å². The van der Waals surface area contributed by atoms with E-state index in [-0.39, 0.29) is 5.91 Å². The van der Waals surface area contributed by atoms with Gasteiger partial charge in [-0.05, 0) is 24.1 Å². The highest BCUT2D eigenvalue weighted by atomic mass is 16.5. The van der Waals surface area contributed by atoms with Gasteiger partial charge in [0.25, 0.3) is 5.91 Å². The van der Waals surface area contributed by atoms with E-state index < -0.39 is 5.91 Å². The molecule has 0 spiro atoms. The average Bonchev–Trinajstić information content (AvgIpc) is 2.88. The minimum atomic E-state index is -0.591. The number of amides is 2. The Hall–Kier alpha value is -2.86. The fraction of sp³-hybridized carbons (Fsp3) is 0.263. The molecule has 1 heterocycles. The second-order valence-electron chi connectivity index (χ2n) is 5.91. The molecule has 0 fully saturated rings. The summed E-state index contributed by atoms with van der Waals surface area (Å²) in [5.41, 5.74) is 3.90. The van der Waals surface area contributed by atoms with Crippen LogP contribution in [-0.2, 0) is 17.8 Å². The molecule has 0 saturated heterocycles. The van der Waals surface area contributed by atoms with Gasteiger partial charge in [-0.3, -0.25) is 14.8 Å². The van der Waals surface area contributed by atoms with E-state index in [1.54, 1.807) is 28.6 Å². The Morgan fingerprint density at radius 2 is 1.96 bits per heavy atom. The molecule has 0 radical (unpaired) electrons. The van der Waals surface area contributed by atoms with Gasteiger partial charge in [0.1, 0.15) is 12.4 Å². The molecule has 2 aromatic carbocycles. The van der Waals surface area contributed by atoms with Crippen LogP contribution in [-0.4, -0.2) is 35.1 Å². The van der Waals surface area contributed by atoms with Gasteiger partial charge < -0.3 is 9.64 Å². The van der Waals surface area contributed by atoms with Crippen LogP contribution in [0.1, 0.15) is 27.9 Å². The van der Waals surface area contributed by atoms with E-state index in [4.69, 9.17) is 9.94 Å². The zero-order valence-corrected chi connectivity index (χ0v) is 13.8. The van der Waals surface area contributed by atoms with Crippen LogP contribution in [0.5, 0.6) is 5.75 Å². The maximum Gasteiger partial charge on any atom is 0.274 e. The highest BCUT2D eigenvalue weighted by molar-refractivity contribution is 5.93. The van der Waals surface area contributed by atoms with Gasteiger partial charge in [-0.25, -0.2) is 5.48 Å². The Kier molecular flexibility index (Phi) is 5.30. The van der Waals surface area contributed by atoms with E-state index in [1.165, 1.54) is 0 Å². The largest absolute Gasteiger partial charge is 0.491 e. The van der Waals surface area contributed by atoms with Crippen LogP contribution < -0.4 is 10.2 Å². The van der Waals surface area contributed by atoms with Crippen LogP contribution >= 0.6 is 0 Å². The number of nitrogens with zero attached hydrogens (tertiary/aromatic N) is 1. The number of nitrogens with one attached hydrogen (secondary N) is 1.